The van der Waals surface area contributed by atoms with Crippen molar-refractivity contribution in [3.63, 3.8) is 0 Å². The van der Waals surface area contributed by atoms with Gasteiger partial charge in [0.25, 0.3) is 0 Å². The summed E-state index contributed by atoms with van der Waals surface area (Å²) in [5.41, 5.74) is 11.7. The molecule has 0 spiro atoms. The van der Waals surface area contributed by atoms with Crippen molar-refractivity contribution < 1.29 is 25.8 Å². The first-order valence-corrected chi connectivity index (χ1v) is 20.3. The zero-order chi connectivity index (χ0) is 39.0. The van der Waals surface area contributed by atoms with Crippen LogP contribution < -0.4 is 19.4 Å². The van der Waals surface area contributed by atoms with E-state index in [2.05, 4.69) is 194 Å². The molecule has 5 nitrogen and oxygen atoms in total. The Labute approximate surface area is 363 Å². The molecule has 0 fully saturated rings. The Morgan fingerprint density at radius 2 is 1.25 bits per heavy atom. The first-order chi connectivity index (χ1) is 28.4. The van der Waals surface area contributed by atoms with E-state index in [0.29, 0.717) is 11.5 Å². The van der Waals surface area contributed by atoms with Crippen LogP contribution in [0.4, 0.5) is 39.9 Å². The third kappa shape index (κ3) is 6.39. The normalized spacial score (nSPS) is 13.0. The number of hydrogen-bond acceptors (Lipinski definition) is 6. The minimum Gasteiger partial charge on any atom is -0.509 e. The summed E-state index contributed by atoms with van der Waals surface area (Å²) in [5, 5.41) is 2.58. The van der Waals surface area contributed by atoms with Gasteiger partial charge < -0.3 is 19.4 Å². The van der Waals surface area contributed by atoms with E-state index in [1.165, 1.54) is 25.7 Å². The molecule has 290 valence electrons. The summed E-state index contributed by atoms with van der Waals surface area (Å²) in [6.07, 6.45) is 1.91. The molecule has 0 saturated carbocycles. The van der Waals surface area contributed by atoms with Crippen molar-refractivity contribution in [1.29, 1.82) is 0 Å². The number of ether oxygens (including phenoxy) is 1. The summed E-state index contributed by atoms with van der Waals surface area (Å²) in [5.74, 6) is 2.01. The second-order valence-electron chi connectivity index (χ2n) is 15.8. The van der Waals surface area contributed by atoms with Gasteiger partial charge in [-0.1, -0.05) is 111 Å². The van der Waals surface area contributed by atoms with Gasteiger partial charge in [0.2, 0.25) is 0 Å². The molecule has 7 heteroatoms. The molecule has 0 atom stereocenters. The van der Waals surface area contributed by atoms with Crippen LogP contribution in [0, 0.1) is 18.8 Å². The van der Waals surface area contributed by atoms with Crippen molar-refractivity contribution in [2.24, 2.45) is 0 Å². The molecular weight excluding hydrogens is 924 g/mol. The van der Waals surface area contributed by atoms with Crippen LogP contribution in [0.15, 0.2) is 164 Å². The number of hydrogen-bond donors (Lipinski definition) is 0. The van der Waals surface area contributed by atoms with Crippen molar-refractivity contribution in [2.45, 2.75) is 26.2 Å². The minimum absolute atomic E-state index is 0. The Morgan fingerprint density at radius 3 is 2.07 bits per heavy atom. The first kappa shape index (κ1) is 37.1. The van der Waals surface area contributed by atoms with Crippen LogP contribution in [-0.2, 0) is 26.5 Å². The molecule has 9 aromatic rings. The van der Waals surface area contributed by atoms with Crippen molar-refractivity contribution in [3.8, 4) is 33.8 Å². The smallest absolute Gasteiger partial charge is 0.135 e. The molecule has 0 N–H and O–H groups in total. The molecule has 0 saturated heterocycles. The first-order valence-electron chi connectivity index (χ1n) is 19.5. The fourth-order valence-electron chi connectivity index (χ4n) is 8.26. The number of para-hydroxylation sites is 3. The summed E-state index contributed by atoms with van der Waals surface area (Å²) < 4.78 is 9.26. The van der Waals surface area contributed by atoms with Gasteiger partial charge in [0.1, 0.15) is 5.82 Å². The average Bonchev–Trinajstić information content (AvgIpc) is 3.79. The Kier molecular flexibility index (Phi) is 9.16. The monoisotopic (exact) mass is 960 g/mol. The van der Waals surface area contributed by atoms with Gasteiger partial charge >= 0.3 is 0 Å². The number of pyridine rings is 1. The van der Waals surface area contributed by atoms with E-state index in [4.69, 9.17) is 9.72 Å². The topological polar surface area (TPSA) is 31.8 Å². The number of fused-ring (bicyclic) bond motifs is 9. The van der Waals surface area contributed by atoms with E-state index in [9.17, 15) is 0 Å². The fourth-order valence-corrected chi connectivity index (χ4v) is 9.40. The quantitative estimate of drug-likeness (QED) is 0.161. The molecule has 0 unspecified atom stereocenters. The summed E-state index contributed by atoms with van der Waals surface area (Å²) in [7, 11) is 0. The molecular formula is C52H37N4OPtS-3. The molecule has 7 aromatic carbocycles. The molecule has 0 bridgehead atoms. The van der Waals surface area contributed by atoms with Crippen LogP contribution in [0.1, 0.15) is 26.3 Å². The van der Waals surface area contributed by atoms with Gasteiger partial charge in [-0.25, -0.2) is 4.98 Å². The van der Waals surface area contributed by atoms with Gasteiger partial charge in [-0.05, 0) is 65.1 Å². The predicted molar refractivity (Wildman–Crippen MR) is 241 cm³/mol. The number of rotatable bonds is 5. The number of benzene rings is 7. The summed E-state index contributed by atoms with van der Waals surface area (Å²) in [6.45, 7) is 8.85. The summed E-state index contributed by atoms with van der Waals surface area (Å²) >= 11 is 1.83. The fraction of sp³-hybridized carbons (Fsp3) is 0.0769. The van der Waals surface area contributed by atoms with E-state index < -0.39 is 0 Å². The zero-order valence-electron chi connectivity index (χ0n) is 32.6. The van der Waals surface area contributed by atoms with Crippen molar-refractivity contribution in [2.75, 3.05) is 14.7 Å². The van der Waals surface area contributed by atoms with Crippen LogP contribution in [0.5, 0.6) is 11.5 Å². The van der Waals surface area contributed by atoms with E-state index in [0.717, 1.165) is 62.2 Å². The maximum absolute atomic E-state index is 6.69. The van der Waals surface area contributed by atoms with E-state index in [-0.39, 0.29) is 26.5 Å². The Hall–Kier alpha value is -6.20. The third-order valence-electron chi connectivity index (χ3n) is 11.1. The number of nitrogens with zero attached hydrogens (tertiary/aromatic N) is 4. The zero-order valence-corrected chi connectivity index (χ0v) is 35.7. The van der Waals surface area contributed by atoms with Gasteiger partial charge in [0.05, 0.1) is 5.69 Å². The summed E-state index contributed by atoms with van der Waals surface area (Å²) in [4.78, 5) is 11.6. The summed E-state index contributed by atoms with van der Waals surface area (Å²) in [6, 6.07) is 62.8. The largest absolute Gasteiger partial charge is 0.509 e. The van der Waals surface area contributed by atoms with Crippen LogP contribution >= 0.6 is 11.3 Å². The third-order valence-corrected chi connectivity index (χ3v) is 12.3. The molecule has 0 radical (unpaired) electrons. The van der Waals surface area contributed by atoms with Gasteiger partial charge in [0.15, 0.2) is 0 Å². The van der Waals surface area contributed by atoms with Gasteiger partial charge in [-0.15, -0.1) is 59.6 Å². The Bertz CT molecular complexity index is 3060. The molecule has 59 heavy (non-hydrogen) atoms. The van der Waals surface area contributed by atoms with Gasteiger partial charge in [-0.2, -0.15) is 12.1 Å². The Morgan fingerprint density at radius 1 is 0.576 bits per heavy atom. The standard InChI is InChI=1S/C52H37N4OS.Pt/c1-52(2,3)34-27-28-53-51(29-34)56-45-19-8-6-17-41(45)39-15-4-5-16-40(39)42-26-24-38(32-48(42)56)57-37-14-12-13-35(30-37)54-33-55(47-21-10-9-20-46(47)54)36-23-25-44-43-18-7-11-22-49(43)58-50(44)31-36;/h4-29,31,33H,1-3H3;/q-3;. The van der Waals surface area contributed by atoms with E-state index in [1.807, 2.05) is 35.7 Å². The second-order valence-corrected chi connectivity index (χ2v) is 16.8. The van der Waals surface area contributed by atoms with Gasteiger partial charge in [-0.3, -0.25) is 0 Å². The molecule has 0 aliphatic carbocycles. The maximum Gasteiger partial charge on any atom is 0.135 e. The predicted octanol–water partition coefficient (Wildman–Crippen LogP) is 14.7. The molecule has 11 rings (SSSR count). The van der Waals surface area contributed by atoms with Crippen LogP contribution in [-0.4, -0.2) is 4.98 Å². The Balaban J connectivity index is 0.00000420. The SMILES string of the molecule is CC(C)(C)c1ccnc(N2c3[c-]c(Oc4[c-]c(N5[CH-]N(c6ccc7c(c6)sc6ccccc67)c6ccccc65)ccc4)ccc3-c3ccccc3-c3ccccc32)c1.[Pt]. The van der Waals surface area contributed by atoms with Crippen LogP contribution in [0.25, 0.3) is 42.4 Å². The molecule has 2 aliphatic rings. The van der Waals surface area contributed by atoms with E-state index in [1.54, 1.807) is 0 Å². The number of thiophene rings is 1. The number of anilines is 7. The number of aromatic nitrogens is 1. The van der Waals surface area contributed by atoms with Gasteiger partial charge in [0, 0.05) is 81.6 Å². The van der Waals surface area contributed by atoms with E-state index >= 15 is 0 Å². The maximum atomic E-state index is 6.69. The van der Waals surface area contributed by atoms with Crippen molar-refractivity contribution in [1.82, 2.24) is 4.98 Å². The van der Waals surface area contributed by atoms with Crippen LogP contribution in [0.2, 0.25) is 0 Å². The second kappa shape index (κ2) is 14.6. The van der Waals surface area contributed by atoms with Crippen LogP contribution in [0.3, 0.4) is 0 Å². The molecule has 0 amide bonds. The van der Waals surface area contributed by atoms with Crippen molar-refractivity contribution >= 4 is 71.5 Å². The average molecular weight is 961 g/mol. The molecule has 4 heterocycles. The van der Waals surface area contributed by atoms with Crippen molar-refractivity contribution in [3.05, 3.63) is 188 Å². The molecule has 2 aliphatic heterocycles. The molecule has 2 aromatic heterocycles. The minimum atomic E-state index is -0.0541.